The van der Waals surface area contributed by atoms with Crippen LogP contribution in [-0.4, -0.2) is 58.9 Å². The molecule has 1 saturated heterocycles. The number of hydrogen-bond acceptors (Lipinski definition) is 4. The maximum atomic E-state index is 13.0. The SMILES string of the molecule is CN1C(=O)c2ccc(-c3cccnc3)cc2O[C@H]2CN(C(=O)C3CC3)C[C@H]21. The number of likely N-dealkylation sites (N-methyl/N-ethyl adjacent to an activating group) is 1. The van der Waals surface area contributed by atoms with E-state index in [0.717, 1.165) is 24.0 Å². The minimum absolute atomic E-state index is 0.0593. The first kappa shape index (κ1) is 16.3. The lowest BCUT2D eigenvalue weighted by molar-refractivity contribution is -0.131. The second kappa shape index (κ2) is 6.08. The molecule has 27 heavy (non-hydrogen) atoms. The number of pyridine rings is 1. The highest BCUT2D eigenvalue weighted by atomic mass is 16.5. The predicted molar refractivity (Wildman–Crippen MR) is 99.3 cm³/mol. The molecular formula is C21H21N3O3. The average Bonchev–Trinajstić information content (AvgIpc) is 3.48. The molecule has 1 aliphatic carbocycles. The molecule has 1 aromatic heterocycles. The van der Waals surface area contributed by atoms with Gasteiger partial charge in [-0.25, -0.2) is 0 Å². The van der Waals surface area contributed by atoms with Gasteiger partial charge < -0.3 is 14.5 Å². The lowest BCUT2D eigenvalue weighted by Gasteiger charge is -2.25. The Labute approximate surface area is 157 Å². The molecular weight excluding hydrogens is 342 g/mol. The number of aromatic nitrogens is 1. The number of benzene rings is 1. The smallest absolute Gasteiger partial charge is 0.257 e. The molecule has 0 N–H and O–H groups in total. The Bertz CT molecular complexity index is 910. The van der Waals surface area contributed by atoms with Crippen LogP contribution in [0.2, 0.25) is 0 Å². The van der Waals surface area contributed by atoms with Crippen LogP contribution in [0.15, 0.2) is 42.7 Å². The summed E-state index contributed by atoms with van der Waals surface area (Å²) in [6, 6.07) is 9.41. The molecule has 2 amide bonds. The van der Waals surface area contributed by atoms with Gasteiger partial charge in [0.05, 0.1) is 18.2 Å². The quantitative estimate of drug-likeness (QED) is 0.821. The number of rotatable bonds is 2. The van der Waals surface area contributed by atoms with E-state index in [-0.39, 0.29) is 29.9 Å². The summed E-state index contributed by atoms with van der Waals surface area (Å²) in [7, 11) is 1.80. The van der Waals surface area contributed by atoms with Crippen LogP contribution in [-0.2, 0) is 4.79 Å². The lowest BCUT2D eigenvalue weighted by atomic mass is 10.0. The van der Waals surface area contributed by atoms with Gasteiger partial charge in [-0.2, -0.15) is 0 Å². The molecule has 6 heteroatoms. The molecule has 138 valence electrons. The van der Waals surface area contributed by atoms with Crippen LogP contribution in [0.4, 0.5) is 0 Å². The van der Waals surface area contributed by atoms with Crippen molar-refractivity contribution >= 4 is 11.8 Å². The van der Waals surface area contributed by atoms with E-state index in [9.17, 15) is 9.59 Å². The number of carbonyl (C=O) groups excluding carboxylic acids is 2. The Morgan fingerprint density at radius 1 is 1.19 bits per heavy atom. The second-order valence-corrected chi connectivity index (χ2v) is 7.61. The zero-order valence-electron chi connectivity index (χ0n) is 15.2. The Morgan fingerprint density at radius 2 is 2.04 bits per heavy atom. The first-order valence-corrected chi connectivity index (χ1v) is 9.39. The number of nitrogens with zero attached hydrogens (tertiary/aromatic N) is 3. The van der Waals surface area contributed by atoms with E-state index in [4.69, 9.17) is 4.74 Å². The largest absolute Gasteiger partial charge is 0.485 e. The minimum atomic E-state index is -0.202. The van der Waals surface area contributed by atoms with Crippen molar-refractivity contribution in [2.45, 2.75) is 25.0 Å². The number of likely N-dealkylation sites (tertiary alicyclic amines) is 1. The van der Waals surface area contributed by atoms with E-state index >= 15 is 0 Å². The van der Waals surface area contributed by atoms with Gasteiger partial charge in [-0.15, -0.1) is 0 Å². The molecule has 3 heterocycles. The summed E-state index contributed by atoms with van der Waals surface area (Å²) < 4.78 is 6.29. The second-order valence-electron chi connectivity index (χ2n) is 7.61. The van der Waals surface area contributed by atoms with E-state index < -0.39 is 0 Å². The van der Waals surface area contributed by atoms with E-state index in [1.807, 2.05) is 35.2 Å². The number of carbonyl (C=O) groups is 2. The fourth-order valence-electron chi connectivity index (χ4n) is 4.03. The Balaban J connectivity index is 1.48. The van der Waals surface area contributed by atoms with Crippen molar-refractivity contribution in [1.82, 2.24) is 14.8 Å². The predicted octanol–water partition coefficient (Wildman–Crippen LogP) is 2.20. The first-order chi connectivity index (χ1) is 13.1. The van der Waals surface area contributed by atoms with Crippen LogP contribution < -0.4 is 4.74 Å². The molecule has 6 nitrogen and oxygen atoms in total. The topological polar surface area (TPSA) is 62.7 Å². The van der Waals surface area contributed by atoms with Gasteiger partial charge in [-0.1, -0.05) is 12.1 Å². The van der Waals surface area contributed by atoms with Crippen LogP contribution >= 0.6 is 0 Å². The monoisotopic (exact) mass is 363 g/mol. The van der Waals surface area contributed by atoms with E-state index in [1.54, 1.807) is 24.3 Å². The third-order valence-corrected chi connectivity index (χ3v) is 5.78. The molecule has 2 atom stereocenters. The van der Waals surface area contributed by atoms with Crippen molar-refractivity contribution in [3.63, 3.8) is 0 Å². The number of fused-ring (bicyclic) bond motifs is 2. The molecule has 2 fully saturated rings. The lowest BCUT2D eigenvalue weighted by Crippen LogP contribution is -2.44. The van der Waals surface area contributed by atoms with Crippen molar-refractivity contribution in [2.75, 3.05) is 20.1 Å². The van der Waals surface area contributed by atoms with Crippen molar-refractivity contribution in [1.29, 1.82) is 0 Å². The van der Waals surface area contributed by atoms with Crippen LogP contribution in [0.3, 0.4) is 0 Å². The van der Waals surface area contributed by atoms with E-state index in [1.165, 1.54) is 0 Å². The van der Waals surface area contributed by atoms with Crippen molar-refractivity contribution in [3.8, 4) is 16.9 Å². The van der Waals surface area contributed by atoms with Crippen molar-refractivity contribution in [2.24, 2.45) is 5.92 Å². The van der Waals surface area contributed by atoms with Gasteiger partial charge in [0.2, 0.25) is 5.91 Å². The maximum absolute atomic E-state index is 13.0. The summed E-state index contributed by atoms with van der Waals surface area (Å²) in [5, 5.41) is 0. The van der Waals surface area contributed by atoms with Gasteiger partial charge in [0, 0.05) is 37.5 Å². The van der Waals surface area contributed by atoms with Gasteiger partial charge in [0.1, 0.15) is 11.9 Å². The fraction of sp³-hybridized carbons (Fsp3) is 0.381. The highest BCUT2D eigenvalue weighted by Gasteiger charge is 2.46. The van der Waals surface area contributed by atoms with Gasteiger partial charge >= 0.3 is 0 Å². The number of ether oxygens (including phenoxy) is 1. The van der Waals surface area contributed by atoms with Crippen LogP contribution in [0.5, 0.6) is 5.75 Å². The summed E-state index contributed by atoms with van der Waals surface area (Å²) in [6.07, 6.45) is 5.29. The number of hydrogen-bond donors (Lipinski definition) is 0. The third kappa shape index (κ3) is 2.76. The highest BCUT2D eigenvalue weighted by molar-refractivity contribution is 5.98. The molecule has 3 aliphatic rings. The van der Waals surface area contributed by atoms with Gasteiger partial charge in [-0.05, 0) is 36.6 Å². The van der Waals surface area contributed by atoms with Crippen LogP contribution in [0.25, 0.3) is 11.1 Å². The highest BCUT2D eigenvalue weighted by Crippen LogP contribution is 2.36. The van der Waals surface area contributed by atoms with Gasteiger partial charge in [0.15, 0.2) is 0 Å². The Kier molecular flexibility index (Phi) is 3.67. The molecule has 2 aliphatic heterocycles. The molecule has 1 saturated carbocycles. The maximum Gasteiger partial charge on any atom is 0.257 e. The fourth-order valence-corrected chi connectivity index (χ4v) is 4.03. The van der Waals surface area contributed by atoms with E-state index in [2.05, 4.69) is 4.98 Å². The van der Waals surface area contributed by atoms with Crippen molar-refractivity contribution < 1.29 is 14.3 Å². The molecule has 0 bridgehead atoms. The molecule has 0 radical (unpaired) electrons. The zero-order valence-corrected chi connectivity index (χ0v) is 15.2. The molecule has 1 aromatic carbocycles. The summed E-state index contributed by atoms with van der Waals surface area (Å²) in [4.78, 5) is 33.2. The summed E-state index contributed by atoms with van der Waals surface area (Å²) in [6.45, 7) is 1.08. The molecule has 5 rings (SSSR count). The standard InChI is InChI=1S/C21H21N3O3/c1-23-17-11-24(20(25)13-4-5-13)12-19(17)27-18-9-14(6-7-16(18)21(23)26)15-3-2-8-22-10-15/h2-3,6-10,13,17,19H,4-5,11-12H2,1H3/t17-,19+/m1/s1. The van der Waals surface area contributed by atoms with Crippen LogP contribution in [0, 0.1) is 5.92 Å². The third-order valence-electron chi connectivity index (χ3n) is 5.78. The van der Waals surface area contributed by atoms with E-state index in [0.29, 0.717) is 24.4 Å². The average molecular weight is 363 g/mol. The Morgan fingerprint density at radius 3 is 2.78 bits per heavy atom. The summed E-state index contributed by atoms with van der Waals surface area (Å²) >= 11 is 0. The van der Waals surface area contributed by atoms with Crippen LogP contribution in [0.1, 0.15) is 23.2 Å². The Hall–Kier alpha value is -2.89. The molecule has 2 aromatic rings. The normalized spacial score (nSPS) is 24.1. The van der Waals surface area contributed by atoms with Gasteiger partial charge in [0.25, 0.3) is 5.91 Å². The molecule has 0 spiro atoms. The number of amides is 2. The zero-order chi connectivity index (χ0) is 18.5. The summed E-state index contributed by atoms with van der Waals surface area (Å²) in [5.41, 5.74) is 2.50. The van der Waals surface area contributed by atoms with Crippen molar-refractivity contribution in [3.05, 3.63) is 48.3 Å². The molecule has 0 unspecified atom stereocenters. The van der Waals surface area contributed by atoms with Gasteiger partial charge in [-0.3, -0.25) is 14.6 Å². The first-order valence-electron chi connectivity index (χ1n) is 9.39. The minimum Gasteiger partial charge on any atom is -0.485 e. The summed E-state index contributed by atoms with van der Waals surface area (Å²) in [5.74, 6) is 0.909.